The van der Waals surface area contributed by atoms with Crippen LogP contribution in [0.15, 0.2) is 58.2 Å². The second-order valence-corrected chi connectivity index (χ2v) is 5.00. The normalized spacial score (nSPS) is 25.9. The van der Waals surface area contributed by atoms with Crippen LogP contribution in [0.3, 0.4) is 0 Å². The maximum Gasteiger partial charge on any atom is 0.339 e. The highest BCUT2D eigenvalue weighted by molar-refractivity contribution is 6.11. The second-order valence-electron chi connectivity index (χ2n) is 5.00. The Bertz CT molecular complexity index is 685. The van der Waals surface area contributed by atoms with Crippen molar-refractivity contribution in [3.05, 3.63) is 58.2 Å². The van der Waals surface area contributed by atoms with E-state index < -0.39 is 17.4 Å². The van der Waals surface area contributed by atoms with Gasteiger partial charge in [-0.05, 0) is 23.6 Å². The molecular formula is C16H14O4. The molecule has 0 aromatic rings. The molecule has 1 atom stereocenters. The molecule has 0 saturated heterocycles. The molecule has 0 unspecified atom stereocenters. The molecule has 0 aromatic heterocycles. The molecule has 3 aliphatic carbocycles. The van der Waals surface area contributed by atoms with Gasteiger partial charge in [-0.2, -0.15) is 0 Å². The molecule has 102 valence electrons. The third-order valence-electron chi connectivity index (χ3n) is 4.19. The molecule has 0 spiro atoms. The van der Waals surface area contributed by atoms with Crippen LogP contribution >= 0.6 is 0 Å². The molecule has 4 nitrogen and oxygen atoms in total. The van der Waals surface area contributed by atoms with Gasteiger partial charge >= 0.3 is 11.9 Å². The van der Waals surface area contributed by atoms with Crippen molar-refractivity contribution in [2.75, 3.05) is 14.2 Å². The Labute approximate surface area is 116 Å². The first-order chi connectivity index (χ1) is 9.55. The predicted octanol–water partition coefficient (Wildman–Crippen LogP) is 2.01. The summed E-state index contributed by atoms with van der Waals surface area (Å²) < 4.78 is 9.69. The van der Waals surface area contributed by atoms with E-state index >= 15 is 0 Å². The lowest BCUT2D eigenvalue weighted by atomic mass is 9.72. The zero-order valence-corrected chi connectivity index (χ0v) is 11.5. The molecule has 20 heavy (non-hydrogen) atoms. The number of methoxy groups -OCH3 is 2. The van der Waals surface area contributed by atoms with Gasteiger partial charge in [-0.3, -0.25) is 0 Å². The van der Waals surface area contributed by atoms with Gasteiger partial charge in [0.25, 0.3) is 0 Å². The third-order valence-corrected chi connectivity index (χ3v) is 4.19. The molecule has 0 bridgehead atoms. The van der Waals surface area contributed by atoms with E-state index in [1.807, 2.05) is 37.3 Å². The Hall–Kier alpha value is -2.36. The number of rotatable bonds is 2. The maximum atomic E-state index is 12.1. The molecule has 0 amide bonds. The highest BCUT2D eigenvalue weighted by Gasteiger charge is 2.52. The van der Waals surface area contributed by atoms with E-state index in [4.69, 9.17) is 9.47 Å². The first-order valence-electron chi connectivity index (χ1n) is 6.29. The molecule has 3 rings (SSSR count). The van der Waals surface area contributed by atoms with Crippen molar-refractivity contribution >= 4 is 11.9 Å². The van der Waals surface area contributed by atoms with Crippen molar-refractivity contribution in [1.82, 2.24) is 0 Å². The van der Waals surface area contributed by atoms with Crippen molar-refractivity contribution in [1.29, 1.82) is 0 Å². The van der Waals surface area contributed by atoms with E-state index in [2.05, 4.69) is 0 Å². The van der Waals surface area contributed by atoms with Crippen LogP contribution in [0.1, 0.15) is 6.92 Å². The maximum absolute atomic E-state index is 12.1. The summed E-state index contributed by atoms with van der Waals surface area (Å²) in [5.74, 6) is -1.02. The van der Waals surface area contributed by atoms with E-state index in [-0.39, 0.29) is 0 Å². The molecule has 0 heterocycles. The molecule has 0 saturated carbocycles. The Morgan fingerprint density at radius 1 is 0.950 bits per heavy atom. The van der Waals surface area contributed by atoms with E-state index in [0.717, 1.165) is 16.7 Å². The average Bonchev–Trinajstić information content (AvgIpc) is 2.93. The summed E-state index contributed by atoms with van der Waals surface area (Å²) in [6.45, 7) is 2.01. The van der Waals surface area contributed by atoms with Crippen molar-refractivity contribution < 1.29 is 19.1 Å². The van der Waals surface area contributed by atoms with Gasteiger partial charge in [0.2, 0.25) is 0 Å². The Balaban J connectivity index is 2.30. The number of hydrogen-bond acceptors (Lipinski definition) is 4. The van der Waals surface area contributed by atoms with Crippen molar-refractivity contribution in [3.8, 4) is 0 Å². The fraction of sp³-hybridized carbons (Fsp3) is 0.250. The van der Waals surface area contributed by atoms with Crippen LogP contribution in [0.5, 0.6) is 0 Å². The summed E-state index contributed by atoms with van der Waals surface area (Å²) in [6, 6.07) is 0. The monoisotopic (exact) mass is 270 g/mol. The summed E-state index contributed by atoms with van der Waals surface area (Å²) in [5, 5.41) is 0. The Kier molecular flexibility index (Phi) is 2.57. The summed E-state index contributed by atoms with van der Waals surface area (Å²) >= 11 is 0. The van der Waals surface area contributed by atoms with Gasteiger partial charge in [0.1, 0.15) is 0 Å². The summed E-state index contributed by atoms with van der Waals surface area (Å²) in [7, 11) is 2.62. The minimum absolute atomic E-state index is 0.308. The van der Waals surface area contributed by atoms with Crippen molar-refractivity contribution in [3.63, 3.8) is 0 Å². The van der Waals surface area contributed by atoms with Crippen molar-refractivity contribution in [2.24, 2.45) is 5.41 Å². The van der Waals surface area contributed by atoms with Crippen LogP contribution in [0, 0.1) is 5.41 Å². The summed E-state index contributed by atoms with van der Waals surface area (Å²) in [5.41, 5.74) is 2.82. The summed E-state index contributed by atoms with van der Waals surface area (Å²) in [4.78, 5) is 24.2. The van der Waals surface area contributed by atoms with Crippen LogP contribution < -0.4 is 0 Å². The van der Waals surface area contributed by atoms with Gasteiger partial charge in [0, 0.05) is 5.41 Å². The van der Waals surface area contributed by atoms with Crippen LogP contribution in [0.25, 0.3) is 0 Å². The second kappa shape index (κ2) is 4.07. The highest BCUT2D eigenvalue weighted by Crippen LogP contribution is 2.59. The molecular weight excluding hydrogens is 256 g/mol. The van der Waals surface area contributed by atoms with E-state index in [1.165, 1.54) is 14.2 Å². The minimum Gasteiger partial charge on any atom is -0.465 e. The molecule has 0 radical (unpaired) electrons. The number of allylic oxidation sites excluding steroid dienone is 6. The van der Waals surface area contributed by atoms with Gasteiger partial charge in [-0.25, -0.2) is 9.59 Å². The van der Waals surface area contributed by atoms with E-state index in [9.17, 15) is 9.59 Å². The molecule has 0 aliphatic heterocycles. The zero-order valence-electron chi connectivity index (χ0n) is 11.5. The smallest absolute Gasteiger partial charge is 0.339 e. The highest BCUT2D eigenvalue weighted by atomic mass is 16.5. The molecule has 0 fully saturated rings. The topological polar surface area (TPSA) is 52.6 Å². The van der Waals surface area contributed by atoms with E-state index in [1.54, 1.807) is 0 Å². The number of carbonyl (C=O) groups is 2. The van der Waals surface area contributed by atoms with Crippen molar-refractivity contribution in [2.45, 2.75) is 6.92 Å². The fourth-order valence-electron chi connectivity index (χ4n) is 3.16. The predicted molar refractivity (Wildman–Crippen MR) is 72.6 cm³/mol. The zero-order chi connectivity index (χ0) is 14.5. The Morgan fingerprint density at radius 3 is 2.05 bits per heavy atom. The number of carbonyl (C=O) groups excluding carboxylic acids is 2. The van der Waals surface area contributed by atoms with Crippen LogP contribution in [0.2, 0.25) is 0 Å². The molecule has 4 heteroatoms. The number of hydrogen-bond donors (Lipinski definition) is 0. The Morgan fingerprint density at radius 2 is 1.50 bits per heavy atom. The van der Waals surface area contributed by atoms with Gasteiger partial charge < -0.3 is 9.47 Å². The number of ether oxygens (including phenoxy) is 2. The number of esters is 2. The lowest BCUT2D eigenvalue weighted by Gasteiger charge is -2.29. The van der Waals surface area contributed by atoms with Crippen LogP contribution in [-0.2, 0) is 19.1 Å². The lowest BCUT2D eigenvalue weighted by Crippen LogP contribution is -2.21. The largest absolute Gasteiger partial charge is 0.465 e. The molecule has 0 N–H and O–H groups in total. The van der Waals surface area contributed by atoms with Gasteiger partial charge in [-0.15, -0.1) is 0 Å². The third kappa shape index (κ3) is 1.31. The molecule has 3 aliphatic rings. The molecule has 0 aromatic carbocycles. The summed E-state index contributed by atoms with van der Waals surface area (Å²) in [6.07, 6.45) is 9.57. The van der Waals surface area contributed by atoms with E-state index in [0.29, 0.717) is 11.1 Å². The first-order valence-corrected chi connectivity index (χ1v) is 6.29. The standard InChI is InChI=1S/C16H14O4/c1-16-9-5-4-6-10(16)12(14(17)19-2)13(15(18)20-3)11(16)8-7-9/h4-8H,1-3H3/t16-/m1/s1. The van der Waals surface area contributed by atoms with Gasteiger partial charge in [0.05, 0.1) is 25.4 Å². The SMILES string of the molecule is COC(=O)C1=C(C(=O)OC)C2=CC=C3C=CC=C1[C@@]32C. The van der Waals surface area contributed by atoms with Gasteiger partial charge in [0.15, 0.2) is 0 Å². The van der Waals surface area contributed by atoms with Crippen LogP contribution in [0.4, 0.5) is 0 Å². The lowest BCUT2D eigenvalue weighted by molar-refractivity contribution is -0.138. The van der Waals surface area contributed by atoms with Gasteiger partial charge in [-0.1, -0.05) is 30.4 Å². The fourth-order valence-corrected chi connectivity index (χ4v) is 3.16. The van der Waals surface area contributed by atoms with Crippen LogP contribution in [-0.4, -0.2) is 26.2 Å². The first kappa shape index (κ1) is 12.7. The minimum atomic E-state index is -0.511. The quantitative estimate of drug-likeness (QED) is 0.720. The average molecular weight is 270 g/mol.